The highest BCUT2D eigenvalue weighted by molar-refractivity contribution is 14.0. The molecule has 0 bridgehead atoms. The zero-order chi connectivity index (χ0) is 19.9. The average molecular weight is 520 g/mol. The number of hydrogen-bond donors (Lipinski definition) is 2. The van der Waals surface area contributed by atoms with Crippen LogP contribution in [-0.2, 0) is 4.79 Å². The highest BCUT2D eigenvalue weighted by atomic mass is 127. The Bertz CT molecular complexity index is 529. The normalized spacial score (nSPS) is 25.2. The van der Waals surface area contributed by atoms with Gasteiger partial charge in [-0.25, -0.2) is 0 Å². The van der Waals surface area contributed by atoms with Crippen molar-refractivity contribution in [1.82, 2.24) is 20.4 Å². The molecular formula is C22H42IN5O. The third-order valence-corrected chi connectivity index (χ3v) is 7.10. The van der Waals surface area contributed by atoms with E-state index < -0.39 is 0 Å². The number of nitrogens with zero attached hydrogens (tertiary/aromatic N) is 3. The maximum atomic E-state index is 12.7. The monoisotopic (exact) mass is 519 g/mol. The molecule has 0 radical (unpaired) electrons. The zero-order valence-electron chi connectivity index (χ0n) is 18.7. The van der Waals surface area contributed by atoms with Gasteiger partial charge in [0.25, 0.3) is 0 Å². The quantitative estimate of drug-likeness (QED) is 0.322. The summed E-state index contributed by atoms with van der Waals surface area (Å²) in [6, 6.07) is 0.854. The van der Waals surface area contributed by atoms with E-state index in [0.29, 0.717) is 18.0 Å². The summed E-state index contributed by atoms with van der Waals surface area (Å²) in [5.41, 5.74) is 0. The van der Waals surface area contributed by atoms with Gasteiger partial charge in [-0.3, -0.25) is 9.79 Å². The van der Waals surface area contributed by atoms with Crippen molar-refractivity contribution in [3.8, 4) is 0 Å². The van der Waals surface area contributed by atoms with Crippen LogP contribution < -0.4 is 10.6 Å². The van der Waals surface area contributed by atoms with Crippen LogP contribution in [0.15, 0.2) is 4.99 Å². The van der Waals surface area contributed by atoms with Crippen molar-refractivity contribution in [2.45, 2.75) is 76.3 Å². The third kappa shape index (κ3) is 6.97. The molecule has 2 N–H and O–H groups in total. The molecule has 2 saturated carbocycles. The molecule has 0 aromatic carbocycles. The van der Waals surface area contributed by atoms with Gasteiger partial charge < -0.3 is 20.4 Å². The van der Waals surface area contributed by atoms with E-state index >= 15 is 0 Å². The maximum absolute atomic E-state index is 12.7. The van der Waals surface area contributed by atoms with Gasteiger partial charge in [0.05, 0.1) is 0 Å². The van der Waals surface area contributed by atoms with Crippen LogP contribution in [0.3, 0.4) is 0 Å². The number of carbonyl (C=O) groups excluding carboxylic acids is 1. The molecule has 7 heteroatoms. The molecule has 6 nitrogen and oxygen atoms in total. The number of likely N-dealkylation sites (N-methyl/N-ethyl adjacent to an activating group) is 1. The van der Waals surface area contributed by atoms with Crippen molar-refractivity contribution in [2.24, 2.45) is 16.8 Å². The Morgan fingerprint density at radius 3 is 2.34 bits per heavy atom. The lowest BCUT2D eigenvalue weighted by atomic mass is 9.83. The number of likely N-dealkylation sites (tertiary alicyclic amines) is 1. The van der Waals surface area contributed by atoms with E-state index in [-0.39, 0.29) is 29.9 Å². The highest BCUT2D eigenvalue weighted by Crippen LogP contribution is 2.29. The Balaban J connectivity index is 0.00000300. The molecule has 3 fully saturated rings. The molecule has 0 spiro atoms. The molecular weight excluding hydrogens is 477 g/mol. The first-order valence-electron chi connectivity index (χ1n) is 11.5. The zero-order valence-corrected chi connectivity index (χ0v) is 21.0. The summed E-state index contributed by atoms with van der Waals surface area (Å²) in [6.45, 7) is 2.62. The summed E-state index contributed by atoms with van der Waals surface area (Å²) < 4.78 is 0. The number of rotatable bonds is 6. The van der Waals surface area contributed by atoms with Gasteiger partial charge in [0, 0.05) is 44.7 Å². The molecule has 1 heterocycles. The predicted molar refractivity (Wildman–Crippen MR) is 131 cm³/mol. The largest absolute Gasteiger partial charge is 0.355 e. The minimum atomic E-state index is 0. The first kappa shape index (κ1) is 24.7. The van der Waals surface area contributed by atoms with Crippen LogP contribution >= 0.6 is 24.0 Å². The van der Waals surface area contributed by atoms with E-state index in [4.69, 9.17) is 0 Å². The molecule has 0 aromatic rings. The first-order valence-corrected chi connectivity index (χ1v) is 11.5. The van der Waals surface area contributed by atoms with Gasteiger partial charge in [-0.1, -0.05) is 32.1 Å². The number of aliphatic imine (C=N–C) groups is 1. The Morgan fingerprint density at radius 2 is 1.72 bits per heavy atom. The van der Waals surface area contributed by atoms with E-state index in [0.717, 1.165) is 50.8 Å². The van der Waals surface area contributed by atoms with Crippen molar-refractivity contribution in [1.29, 1.82) is 0 Å². The minimum absolute atomic E-state index is 0. The van der Waals surface area contributed by atoms with Crippen LogP contribution in [0.25, 0.3) is 0 Å². The predicted octanol–water partition coefficient (Wildman–Crippen LogP) is 3.07. The van der Waals surface area contributed by atoms with Gasteiger partial charge in [-0.15, -0.1) is 24.0 Å². The molecule has 29 heavy (non-hydrogen) atoms. The van der Waals surface area contributed by atoms with Gasteiger partial charge in [0.1, 0.15) is 0 Å². The topological polar surface area (TPSA) is 60.0 Å². The summed E-state index contributed by atoms with van der Waals surface area (Å²) in [5, 5.41) is 7.13. The molecule has 2 atom stereocenters. The van der Waals surface area contributed by atoms with E-state index in [1.807, 2.05) is 7.05 Å². The van der Waals surface area contributed by atoms with Crippen molar-refractivity contribution in [2.75, 3.05) is 40.8 Å². The molecule has 2 aliphatic carbocycles. The Kier molecular flexibility index (Phi) is 10.5. The summed E-state index contributed by atoms with van der Waals surface area (Å²) in [7, 11) is 6.23. The Labute approximate surface area is 194 Å². The maximum Gasteiger partial charge on any atom is 0.225 e. The summed E-state index contributed by atoms with van der Waals surface area (Å²) in [6.07, 6.45) is 12.4. The van der Waals surface area contributed by atoms with Crippen LogP contribution in [0.5, 0.6) is 0 Å². The number of carbonyl (C=O) groups is 1. The van der Waals surface area contributed by atoms with Crippen molar-refractivity contribution < 1.29 is 4.79 Å². The Hall–Kier alpha value is -0.570. The summed E-state index contributed by atoms with van der Waals surface area (Å²) >= 11 is 0. The second-order valence-electron chi connectivity index (χ2n) is 9.28. The fraction of sp³-hybridized carbons (Fsp3) is 0.909. The van der Waals surface area contributed by atoms with Crippen LogP contribution in [0.2, 0.25) is 0 Å². The average Bonchev–Trinajstić information content (AvgIpc) is 3.39. The van der Waals surface area contributed by atoms with Crippen molar-refractivity contribution in [3.05, 3.63) is 0 Å². The van der Waals surface area contributed by atoms with Gasteiger partial charge >= 0.3 is 0 Å². The smallest absolute Gasteiger partial charge is 0.225 e. The van der Waals surface area contributed by atoms with E-state index in [9.17, 15) is 4.79 Å². The number of amides is 1. The van der Waals surface area contributed by atoms with Crippen LogP contribution in [0, 0.1) is 11.8 Å². The van der Waals surface area contributed by atoms with Gasteiger partial charge in [0.2, 0.25) is 5.91 Å². The fourth-order valence-electron chi connectivity index (χ4n) is 5.39. The second-order valence-corrected chi connectivity index (χ2v) is 9.28. The lowest BCUT2D eigenvalue weighted by Gasteiger charge is -2.35. The second kappa shape index (κ2) is 12.3. The van der Waals surface area contributed by atoms with Crippen molar-refractivity contribution in [3.63, 3.8) is 0 Å². The summed E-state index contributed by atoms with van der Waals surface area (Å²) in [5.74, 6) is 2.32. The van der Waals surface area contributed by atoms with Gasteiger partial charge in [0.15, 0.2) is 5.96 Å². The molecule has 1 saturated heterocycles. The number of hydrogen-bond acceptors (Lipinski definition) is 3. The van der Waals surface area contributed by atoms with Gasteiger partial charge in [-0.05, 0) is 52.1 Å². The highest BCUT2D eigenvalue weighted by Gasteiger charge is 2.32. The third-order valence-electron chi connectivity index (χ3n) is 7.10. The Morgan fingerprint density at radius 1 is 1.07 bits per heavy atom. The number of guanidine groups is 1. The standard InChI is InChI=1S/C22H41N5O.HI/c1-23-22(24-15-20(26(2)3)17-9-5-4-6-10-17)25-19-13-14-27(16-19)21(28)18-11-7-8-12-18;/h17-20H,4-16H2,1-3H3,(H2,23,24,25);1H. The van der Waals surface area contributed by atoms with E-state index in [1.54, 1.807) is 0 Å². The van der Waals surface area contributed by atoms with E-state index in [2.05, 4.69) is 39.5 Å². The molecule has 3 rings (SSSR count). The fourth-order valence-corrected chi connectivity index (χ4v) is 5.39. The molecule has 0 aromatic heterocycles. The molecule has 2 unspecified atom stereocenters. The van der Waals surface area contributed by atoms with Crippen LogP contribution in [0.1, 0.15) is 64.2 Å². The molecule has 1 amide bonds. The lowest BCUT2D eigenvalue weighted by molar-refractivity contribution is -0.134. The van der Waals surface area contributed by atoms with Crippen molar-refractivity contribution >= 4 is 35.8 Å². The van der Waals surface area contributed by atoms with Gasteiger partial charge in [-0.2, -0.15) is 0 Å². The SMILES string of the molecule is CN=C(NCC(C1CCCCC1)N(C)C)NC1CCN(C(=O)C2CCCC2)C1.I. The van der Waals surface area contributed by atoms with Crippen LogP contribution in [0.4, 0.5) is 0 Å². The minimum Gasteiger partial charge on any atom is -0.355 e. The number of nitrogens with one attached hydrogen (secondary N) is 2. The molecule has 3 aliphatic rings. The number of halogens is 1. The van der Waals surface area contributed by atoms with E-state index in [1.165, 1.54) is 44.9 Å². The summed E-state index contributed by atoms with van der Waals surface area (Å²) in [4.78, 5) is 21.6. The molecule has 168 valence electrons. The first-order chi connectivity index (χ1) is 13.6. The molecule has 1 aliphatic heterocycles. The lowest BCUT2D eigenvalue weighted by Crippen LogP contribution is -2.51. The van der Waals surface area contributed by atoms with Crippen LogP contribution in [-0.4, -0.2) is 74.5 Å².